The van der Waals surface area contributed by atoms with Crippen LogP contribution in [0.25, 0.3) is 60.1 Å². The summed E-state index contributed by atoms with van der Waals surface area (Å²) < 4.78 is 2.17. The zero-order valence-corrected chi connectivity index (χ0v) is 16.7. The highest BCUT2D eigenvalue weighted by atomic mass is 15.0. The molecule has 0 unspecified atom stereocenters. The number of hydrogen-bond donors (Lipinski definition) is 0. The topological polar surface area (TPSA) is 30.2 Å². The monoisotopic (exact) mass is 395 g/mol. The first-order chi connectivity index (χ1) is 15.4. The van der Waals surface area contributed by atoms with Crippen LogP contribution in [0, 0.1) is 0 Å². The Morgan fingerprint density at radius 3 is 2.35 bits per heavy atom. The van der Waals surface area contributed by atoms with E-state index < -0.39 is 0 Å². The normalized spacial score (nSPS) is 11.9. The van der Waals surface area contributed by atoms with Gasteiger partial charge in [0.2, 0.25) is 0 Å². The molecule has 3 heterocycles. The Kier molecular flexibility index (Phi) is 3.27. The quantitative estimate of drug-likeness (QED) is 0.280. The molecule has 0 radical (unpaired) electrons. The van der Waals surface area contributed by atoms with Gasteiger partial charge < -0.3 is 0 Å². The summed E-state index contributed by atoms with van der Waals surface area (Å²) in [6.07, 6.45) is 5.77. The molecule has 0 aliphatic rings. The molecule has 0 atom stereocenters. The maximum Gasteiger partial charge on any atom is 0.145 e. The van der Waals surface area contributed by atoms with Gasteiger partial charge in [-0.1, -0.05) is 54.6 Å². The molecule has 31 heavy (non-hydrogen) atoms. The summed E-state index contributed by atoms with van der Waals surface area (Å²) in [6.45, 7) is 0. The van der Waals surface area contributed by atoms with Crippen LogP contribution in [0.4, 0.5) is 0 Å². The van der Waals surface area contributed by atoms with E-state index in [-0.39, 0.29) is 0 Å². The first-order valence-corrected chi connectivity index (χ1v) is 10.4. The average Bonchev–Trinajstić information content (AvgIpc) is 3.34. The van der Waals surface area contributed by atoms with E-state index in [0.717, 1.165) is 11.2 Å². The number of hydrogen-bond acceptors (Lipinski definition) is 2. The standard InChI is InChI=1S/C28H17N3/c1-2-6-26-23(5-1)25-17-20(10-12-24(25)28-30-14-15-31(26)28)19-9-11-22-21(16-19)8-7-18-4-3-13-29-27(18)22/h1-17H. The van der Waals surface area contributed by atoms with Gasteiger partial charge in [-0.3, -0.25) is 9.38 Å². The maximum absolute atomic E-state index is 4.63. The van der Waals surface area contributed by atoms with Crippen molar-refractivity contribution in [1.29, 1.82) is 0 Å². The lowest BCUT2D eigenvalue weighted by Crippen LogP contribution is -1.91. The van der Waals surface area contributed by atoms with Crippen molar-refractivity contribution in [2.24, 2.45) is 0 Å². The van der Waals surface area contributed by atoms with Gasteiger partial charge in [-0.05, 0) is 52.2 Å². The molecule has 0 saturated carbocycles. The minimum absolute atomic E-state index is 0.997. The number of pyridine rings is 2. The van der Waals surface area contributed by atoms with Gasteiger partial charge in [0.05, 0.1) is 11.0 Å². The predicted octanol–water partition coefficient (Wildman–Crippen LogP) is 7.01. The van der Waals surface area contributed by atoms with E-state index in [2.05, 4.69) is 93.2 Å². The number of rotatable bonds is 1. The fourth-order valence-electron chi connectivity index (χ4n) is 4.80. The van der Waals surface area contributed by atoms with E-state index in [1.54, 1.807) is 0 Å². The zero-order valence-electron chi connectivity index (χ0n) is 16.7. The molecule has 0 aliphatic carbocycles. The summed E-state index contributed by atoms with van der Waals surface area (Å²) in [5, 5.41) is 7.20. The fraction of sp³-hybridized carbons (Fsp3) is 0. The number of fused-ring (bicyclic) bond motifs is 9. The van der Waals surface area contributed by atoms with Crippen LogP contribution in [0.15, 0.2) is 104 Å². The largest absolute Gasteiger partial charge is 0.299 e. The third kappa shape index (κ3) is 2.34. The molecular weight excluding hydrogens is 378 g/mol. The summed E-state index contributed by atoms with van der Waals surface area (Å²) in [5.41, 5.74) is 5.64. The molecule has 0 spiro atoms. The van der Waals surface area contributed by atoms with Crippen molar-refractivity contribution in [3.05, 3.63) is 104 Å². The Labute approximate surface area is 178 Å². The Morgan fingerprint density at radius 2 is 1.39 bits per heavy atom. The molecule has 4 aromatic carbocycles. The minimum Gasteiger partial charge on any atom is -0.299 e. The molecule has 0 N–H and O–H groups in total. The predicted molar refractivity (Wildman–Crippen MR) is 128 cm³/mol. The second kappa shape index (κ2) is 6.13. The van der Waals surface area contributed by atoms with E-state index in [1.807, 2.05) is 24.7 Å². The van der Waals surface area contributed by atoms with Crippen molar-refractivity contribution in [2.45, 2.75) is 0 Å². The van der Waals surface area contributed by atoms with Crippen molar-refractivity contribution in [2.75, 3.05) is 0 Å². The zero-order chi connectivity index (χ0) is 20.4. The highest BCUT2D eigenvalue weighted by Gasteiger charge is 2.11. The molecule has 0 amide bonds. The molecule has 7 aromatic rings. The first kappa shape index (κ1) is 16.5. The summed E-state index contributed by atoms with van der Waals surface area (Å²) in [6, 6.07) is 30.3. The number of nitrogens with zero attached hydrogens (tertiary/aromatic N) is 3. The van der Waals surface area contributed by atoms with Crippen LogP contribution in [0.3, 0.4) is 0 Å². The van der Waals surface area contributed by atoms with Crippen LogP contribution in [-0.4, -0.2) is 14.4 Å². The van der Waals surface area contributed by atoms with Crippen LogP contribution in [-0.2, 0) is 0 Å². The van der Waals surface area contributed by atoms with Gasteiger partial charge in [-0.2, -0.15) is 0 Å². The van der Waals surface area contributed by atoms with E-state index in [1.165, 1.54) is 49.0 Å². The van der Waals surface area contributed by atoms with Crippen molar-refractivity contribution in [3.63, 3.8) is 0 Å². The highest BCUT2D eigenvalue weighted by Crippen LogP contribution is 2.34. The lowest BCUT2D eigenvalue weighted by atomic mass is 9.96. The third-order valence-corrected chi connectivity index (χ3v) is 6.28. The van der Waals surface area contributed by atoms with Crippen LogP contribution in [0.2, 0.25) is 0 Å². The van der Waals surface area contributed by atoms with Crippen LogP contribution >= 0.6 is 0 Å². The van der Waals surface area contributed by atoms with Crippen LogP contribution in [0.5, 0.6) is 0 Å². The van der Waals surface area contributed by atoms with E-state index in [4.69, 9.17) is 0 Å². The molecule has 3 heteroatoms. The minimum atomic E-state index is 0.997. The number of imidazole rings is 1. The van der Waals surface area contributed by atoms with Gasteiger partial charge in [0, 0.05) is 40.1 Å². The summed E-state index contributed by atoms with van der Waals surface area (Å²) in [5.74, 6) is 0. The Balaban J connectivity index is 1.50. The van der Waals surface area contributed by atoms with E-state index in [0.29, 0.717) is 0 Å². The lowest BCUT2D eigenvalue weighted by Gasteiger charge is -2.11. The second-order valence-corrected chi connectivity index (χ2v) is 7.97. The first-order valence-electron chi connectivity index (χ1n) is 10.4. The van der Waals surface area contributed by atoms with Crippen molar-refractivity contribution >= 4 is 49.0 Å². The van der Waals surface area contributed by atoms with Crippen molar-refractivity contribution in [3.8, 4) is 11.1 Å². The van der Waals surface area contributed by atoms with Gasteiger partial charge in [0.15, 0.2) is 0 Å². The van der Waals surface area contributed by atoms with Gasteiger partial charge >= 0.3 is 0 Å². The summed E-state index contributed by atoms with van der Waals surface area (Å²) in [4.78, 5) is 9.23. The van der Waals surface area contributed by atoms with Crippen molar-refractivity contribution < 1.29 is 0 Å². The summed E-state index contributed by atoms with van der Waals surface area (Å²) in [7, 11) is 0. The number of aromatic nitrogens is 3. The Hall–Kier alpha value is -4.24. The molecule has 0 bridgehead atoms. The number of benzene rings is 4. The van der Waals surface area contributed by atoms with Gasteiger partial charge in [-0.25, -0.2) is 4.98 Å². The fourth-order valence-corrected chi connectivity index (χ4v) is 4.80. The molecule has 0 aliphatic heterocycles. The molecule has 0 saturated heterocycles. The Bertz CT molecular complexity index is 1790. The lowest BCUT2D eigenvalue weighted by molar-refractivity contribution is 1.27. The maximum atomic E-state index is 4.63. The van der Waals surface area contributed by atoms with Gasteiger partial charge in [-0.15, -0.1) is 0 Å². The highest BCUT2D eigenvalue weighted by molar-refractivity contribution is 6.13. The van der Waals surface area contributed by atoms with Crippen LogP contribution < -0.4 is 0 Å². The smallest absolute Gasteiger partial charge is 0.145 e. The van der Waals surface area contributed by atoms with Gasteiger partial charge in [0.25, 0.3) is 0 Å². The van der Waals surface area contributed by atoms with Crippen molar-refractivity contribution in [1.82, 2.24) is 14.4 Å². The van der Waals surface area contributed by atoms with Crippen LogP contribution in [0.1, 0.15) is 0 Å². The molecule has 0 fully saturated rings. The molecule has 3 aromatic heterocycles. The molecule has 7 rings (SSSR count). The average molecular weight is 395 g/mol. The van der Waals surface area contributed by atoms with Gasteiger partial charge in [0.1, 0.15) is 5.65 Å². The number of para-hydroxylation sites is 1. The summed E-state index contributed by atoms with van der Waals surface area (Å²) >= 11 is 0. The molecule has 144 valence electrons. The second-order valence-electron chi connectivity index (χ2n) is 7.97. The van der Waals surface area contributed by atoms with E-state index in [9.17, 15) is 0 Å². The Morgan fingerprint density at radius 1 is 0.548 bits per heavy atom. The van der Waals surface area contributed by atoms with E-state index >= 15 is 0 Å². The molecule has 3 nitrogen and oxygen atoms in total. The SMILES string of the molecule is c1cnc2c(c1)ccc1cc(-c3ccc4c(c3)c3ccccc3n3ccnc43)ccc12. The molecular formula is C28H17N3. The third-order valence-electron chi connectivity index (χ3n) is 6.28.